The van der Waals surface area contributed by atoms with Crippen LogP contribution in [0.3, 0.4) is 0 Å². The van der Waals surface area contributed by atoms with Gasteiger partial charge in [0.15, 0.2) is 17.2 Å². The molecule has 1 rings (SSSR count). The third kappa shape index (κ3) is 1.26. The van der Waals surface area contributed by atoms with Crippen LogP contribution in [0, 0.1) is 5.92 Å². The van der Waals surface area contributed by atoms with Crippen molar-refractivity contribution < 1.29 is 14.4 Å². The largest absolute Gasteiger partial charge is 0.298 e. The molecule has 0 spiro atoms. The quantitative estimate of drug-likeness (QED) is 0.527. The standard InChI is InChI=1S/C6H5O3S/c7-2-1-4-5(8)3-10-6(4)9/h4H,1,3H2. The Kier molecular flexibility index (Phi) is 2.21. The molecule has 1 aliphatic rings. The number of hydrogen-bond acceptors (Lipinski definition) is 4. The second-order valence-electron chi connectivity index (χ2n) is 1.98. The minimum Gasteiger partial charge on any atom is -0.298 e. The Bertz CT molecular complexity index is 171. The Morgan fingerprint density at radius 1 is 1.60 bits per heavy atom. The normalized spacial score (nSPS) is 25.4. The van der Waals surface area contributed by atoms with Gasteiger partial charge in [-0.3, -0.25) is 14.4 Å². The molecule has 1 atom stereocenters. The SMILES string of the molecule is O=[C]CC1C(=O)CSC1=O. The number of hydrogen-bond donors (Lipinski definition) is 0. The number of rotatable bonds is 2. The van der Waals surface area contributed by atoms with Crippen molar-refractivity contribution in [3.05, 3.63) is 0 Å². The first-order chi connectivity index (χ1) is 4.75. The molecular weight excluding hydrogens is 152 g/mol. The molecule has 1 heterocycles. The van der Waals surface area contributed by atoms with E-state index >= 15 is 0 Å². The average Bonchev–Trinajstić information content (AvgIpc) is 2.20. The van der Waals surface area contributed by atoms with Crippen LogP contribution >= 0.6 is 11.8 Å². The monoisotopic (exact) mass is 157 g/mol. The van der Waals surface area contributed by atoms with E-state index in [-0.39, 0.29) is 23.1 Å². The van der Waals surface area contributed by atoms with Crippen LogP contribution in [0.15, 0.2) is 0 Å². The minimum atomic E-state index is -0.692. The van der Waals surface area contributed by atoms with Gasteiger partial charge in [-0.15, -0.1) is 0 Å². The Morgan fingerprint density at radius 2 is 2.30 bits per heavy atom. The Balaban J connectivity index is 2.62. The van der Waals surface area contributed by atoms with E-state index in [1.54, 1.807) is 6.29 Å². The second-order valence-corrected chi connectivity index (χ2v) is 2.95. The highest BCUT2D eigenvalue weighted by Gasteiger charge is 2.33. The molecule has 0 amide bonds. The highest BCUT2D eigenvalue weighted by Crippen LogP contribution is 2.23. The molecule has 4 heteroatoms. The van der Waals surface area contributed by atoms with Gasteiger partial charge in [0.2, 0.25) is 0 Å². The molecule has 53 valence electrons. The van der Waals surface area contributed by atoms with E-state index in [0.29, 0.717) is 0 Å². The van der Waals surface area contributed by atoms with Crippen molar-refractivity contribution in [2.75, 3.05) is 5.75 Å². The maximum absolute atomic E-state index is 10.8. The number of carbonyl (C=O) groups excluding carboxylic acids is 3. The number of thioether (sulfide) groups is 1. The number of carbonyl (C=O) groups is 2. The molecule has 10 heavy (non-hydrogen) atoms. The van der Waals surface area contributed by atoms with Crippen molar-refractivity contribution in [1.82, 2.24) is 0 Å². The lowest BCUT2D eigenvalue weighted by atomic mass is 10.0. The van der Waals surface area contributed by atoms with Gasteiger partial charge in [-0.1, -0.05) is 11.8 Å². The summed E-state index contributed by atoms with van der Waals surface area (Å²) in [5, 5.41) is -0.187. The molecule has 1 aliphatic heterocycles. The molecule has 0 N–H and O–H groups in total. The van der Waals surface area contributed by atoms with Gasteiger partial charge in [0.25, 0.3) is 0 Å². The van der Waals surface area contributed by atoms with E-state index in [2.05, 4.69) is 0 Å². The predicted octanol–water partition coefficient (Wildman–Crippen LogP) is -0.0551. The highest BCUT2D eigenvalue weighted by atomic mass is 32.2. The maximum Gasteiger partial charge on any atom is 0.200 e. The fourth-order valence-corrected chi connectivity index (χ4v) is 1.66. The van der Waals surface area contributed by atoms with Gasteiger partial charge < -0.3 is 0 Å². The van der Waals surface area contributed by atoms with E-state index in [4.69, 9.17) is 0 Å². The molecular formula is C6H5O3S. The molecule has 0 saturated carbocycles. The van der Waals surface area contributed by atoms with Crippen LogP contribution in [0.2, 0.25) is 0 Å². The van der Waals surface area contributed by atoms with Crippen molar-refractivity contribution >= 4 is 28.9 Å². The summed E-state index contributed by atoms with van der Waals surface area (Å²) in [7, 11) is 0. The smallest absolute Gasteiger partial charge is 0.200 e. The Labute approximate surface area is 62.2 Å². The summed E-state index contributed by atoms with van der Waals surface area (Å²) in [5.74, 6) is -0.605. The zero-order chi connectivity index (χ0) is 7.56. The van der Waals surface area contributed by atoms with E-state index in [9.17, 15) is 14.4 Å². The van der Waals surface area contributed by atoms with E-state index < -0.39 is 5.92 Å². The first kappa shape index (κ1) is 7.47. The zero-order valence-corrected chi connectivity index (χ0v) is 5.94. The van der Waals surface area contributed by atoms with Crippen molar-refractivity contribution in [1.29, 1.82) is 0 Å². The van der Waals surface area contributed by atoms with Crippen LogP contribution in [-0.4, -0.2) is 22.9 Å². The van der Waals surface area contributed by atoms with Crippen LogP contribution in [0.25, 0.3) is 0 Å². The molecule has 0 bridgehead atoms. The van der Waals surface area contributed by atoms with Crippen LogP contribution in [0.1, 0.15) is 6.42 Å². The molecule has 0 aromatic carbocycles. The van der Waals surface area contributed by atoms with Gasteiger partial charge in [0.05, 0.1) is 11.7 Å². The molecule has 3 nitrogen and oxygen atoms in total. The second kappa shape index (κ2) is 2.96. The minimum absolute atomic E-state index is 0.0648. The summed E-state index contributed by atoms with van der Waals surface area (Å²) in [6, 6.07) is 0. The lowest BCUT2D eigenvalue weighted by molar-refractivity contribution is -0.125. The Morgan fingerprint density at radius 3 is 2.70 bits per heavy atom. The van der Waals surface area contributed by atoms with Crippen LogP contribution in [-0.2, 0) is 14.4 Å². The van der Waals surface area contributed by atoms with Gasteiger partial charge in [0.1, 0.15) is 0 Å². The number of ketones is 1. The van der Waals surface area contributed by atoms with Gasteiger partial charge >= 0.3 is 0 Å². The summed E-state index contributed by atoms with van der Waals surface area (Å²) in [6.07, 6.45) is 1.50. The van der Waals surface area contributed by atoms with Gasteiger partial charge in [-0.05, 0) is 0 Å². The van der Waals surface area contributed by atoms with E-state index in [1.165, 1.54) is 0 Å². The third-order valence-electron chi connectivity index (χ3n) is 1.32. The summed E-state index contributed by atoms with van der Waals surface area (Å²) >= 11 is 0.986. The maximum atomic E-state index is 10.8. The molecule has 1 radical (unpaired) electrons. The van der Waals surface area contributed by atoms with E-state index in [1.807, 2.05) is 0 Å². The summed E-state index contributed by atoms with van der Waals surface area (Å²) in [5.41, 5.74) is 0. The van der Waals surface area contributed by atoms with Crippen molar-refractivity contribution in [3.8, 4) is 0 Å². The van der Waals surface area contributed by atoms with Gasteiger partial charge in [-0.2, -0.15) is 0 Å². The predicted molar refractivity (Wildman–Crippen MR) is 36.3 cm³/mol. The fourth-order valence-electron chi connectivity index (χ4n) is 0.755. The topological polar surface area (TPSA) is 51.2 Å². The summed E-state index contributed by atoms with van der Waals surface area (Å²) < 4.78 is 0. The van der Waals surface area contributed by atoms with Crippen molar-refractivity contribution in [2.45, 2.75) is 6.42 Å². The molecule has 0 aromatic heterocycles. The number of Topliss-reactive ketones (excluding diaryl/α,β-unsaturated/α-hetero) is 1. The molecule has 0 aliphatic carbocycles. The lowest BCUT2D eigenvalue weighted by Gasteiger charge is -1.95. The average molecular weight is 157 g/mol. The first-order valence-corrected chi connectivity index (χ1v) is 3.78. The first-order valence-electron chi connectivity index (χ1n) is 2.80. The fraction of sp³-hybridized carbons (Fsp3) is 0.500. The van der Waals surface area contributed by atoms with Crippen molar-refractivity contribution in [3.63, 3.8) is 0 Å². The van der Waals surface area contributed by atoms with Crippen molar-refractivity contribution in [2.24, 2.45) is 5.92 Å². The molecule has 1 saturated heterocycles. The van der Waals surface area contributed by atoms with Crippen LogP contribution < -0.4 is 0 Å². The molecule has 0 aromatic rings. The summed E-state index contributed by atoms with van der Waals surface area (Å²) in [4.78, 5) is 31.3. The van der Waals surface area contributed by atoms with Crippen LogP contribution in [0.4, 0.5) is 0 Å². The zero-order valence-electron chi connectivity index (χ0n) is 5.12. The van der Waals surface area contributed by atoms with E-state index in [0.717, 1.165) is 11.8 Å². The van der Waals surface area contributed by atoms with Crippen LogP contribution in [0.5, 0.6) is 0 Å². The van der Waals surface area contributed by atoms with Gasteiger partial charge in [-0.25, -0.2) is 0 Å². The molecule has 1 unspecified atom stereocenters. The Hall–Kier alpha value is -0.640. The highest BCUT2D eigenvalue weighted by molar-refractivity contribution is 8.15. The third-order valence-corrected chi connectivity index (χ3v) is 2.32. The molecule has 1 fully saturated rings. The lowest BCUT2D eigenvalue weighted by Crippen LogP contribution is -2.14. The summed E-state index contributed by atoms with van der Waals surface area (Å²) in [6.45, 7) is 0. The van der Waals surface area contributed by atoms with Gasteiger partial charge in [0, 0.05) is 6.42 Å².